The molecule has 1 unspecified atom stereocenters. The van der Waals surface area contributed by atoms with Crippen LogP contribution in [-0.2, 0) is 4.74 Å². The predicted molar refractivity (Wildman–Crippen MR) is 52.9 cm³/mol. The van der Waals surface area contributed by atoms with Crippen molar-refractivity contribution < 1.29 is 9.84 Å². The molecule has 0 saturated heterocycles. The van der Waals surface area contributed by atoms with Gasteiger partial charge < -0.3 is 9.84 Å². The molecule has 1 atom stereocenters. The van der Waals surface area contributed by atoms with E-state index in [0.717, 1.165) is 5.56 Å². The summed E-state index contributed by atoms with van der Waals surface area (Å²) in [6, 6.07) is 7.11. The predicted octanol–water partition coefficient (Wildman–Crippen LogP) is 2.41. The molecule has 1 N–H and O–H groups in total. The lowest BCUT2D eigenvalue weighted by atomic mass is 10.1. The molecule has 0 saturated carbocycles. The summed E-state index contributed by atoms with van der Waals surface area (Å²) in [7, 11) is 0. The summed E-state index contributed by atoms with van der Waals surface area (Å²) >= 11 is 5.71. The maximum absolute atomic E-state index is 9.57. The van der Waals surface area contributed by atoms with Crippen LogP contribution in [-0.4, -0.2) is 18.3 Å². The first kappa shape index (κ1) is 10.5. The Kier molecular flexibility index (Phi) is 4.22. The second-order valence-corrected chi connectivity index (χ2v) is 3.16. The summed E-state index contributed by atoms with van der Waals surface area (Å²) in [4.78, 5) is 0. The number of hydrogen-bond donors (Lipinski definition) is 1. The van der Waals surface area contributed by atoms with Gasteiger partial charge in [0.25, 0.3) is 0 Å². The first-order valence-corrected chi connectivity index (χ1v) is 4.63. The quantitative estimate of drug-likeness (QED) is 0.809. The molecular formula is C10H13ClO2. The average Bonchev–Trinajstić information content (AvgIpc) is 2.15. The number of aliphatic hydroxyl groups excluding tert-OH is 1. The molecule has 13 heavy (non-hydrogen) atoms. The van der Waals surface area contributed by atoms with Gasteiger partial charge in [-0.05, 0) is 24.6 Å². The Hall–Kier alpha value is -0.570. The Labute approximate surface area is 83.1 Å². The Balaban J connectivity index is 2.55. The Morgan fingerprint density at radius 1 is 1.38 bits per heavy atom. The SMILES string of the molecule is CCOCC(O)c1ccc(Cl)cc1. The fraction of sp³-hybridized carbons (Fsp3) is 0.400. The third-order valence-electron chi connectivity index (χ3n) is 1.73. The topological polar surface area (TPSA) is 29.5 Å². The third-order valence-corrected chi connectivity index (χ3v) is 1.99. The third kappa shape index (κ3) is 3.35. The minimum absolute atomic E-state index is 0.331. The summed E-state index contributed by atoms with van der Waals surface area (Å²) in [5.74, 6) is 0. The molecular weight excluding hydrogens is 188 g/mol. The molecule has 0 aliphatic heterocycles. The zero-order chi connectivity index (χ0) is 9.68. The smallest absolute Gasteiger partial charge is 0.102 e. The van der Waals surface area contributed by atoms with Crippen LogP contribution in [0.4, 0.5) is 0 Å². The van der Waals surface area contributed by atoms with Crippen molar-refractivity contribution in [3.05, 3.63) is 34.9 Å². The van der Waals surface area contributed by atoms with Gasteiger partial charge in [-0.3, -0.25) is 0 Å². The van der Waals surface area contributed by atoms with Crippen LogP contribution in [0.25, 0.3) is 0 Å². The number of halogens is 1. The van der Waals surface area contributed by atoms with E-state index in [2.05, 4.69) is 0 Å². The van der Waals surface area contributed by atoms with E-state index >= 15 is 0 Å². The zero-order valence-electron chi connectivity index (χ0n) is 7.53. The van der Waals surface area contributed by atoms with Crippen molar-refractivity contribution in [2.24, 2.45) is 0 Å². The minimum atomic E-state index is -0.558. The van der Waals surface area contributed by atoms with E-state index in [9.17, 15) is 5.11 Å². The van der Waals surface area contributed by atoms with Gasteiger partial charge in [-0.15, -0.1) is 0 Å². The van der Waals surface area contributed by atoms with Crippen molar-refractivity contribution in [1.82, 2.24) is 0 Å². The van der Waals surface area contributed by atoms with Crippen LogP contribution < -0.4 is 0 Å². The summed E-state index contributed by atoms with van der Waals surface area (Å²) < 4.78 is 5.10. The normalized spacial score (nSPS) is 12.8. The van der Waals surface area contributed by atoms with Crippen LogP contribution in [0.1, 0.15) is 18.6 Å². The van der Waals surface area contributed by atoms with Crippen LogP contribution in [0, 0.1) is 0 Å². The molecule has 0 aliphatic carbocycles. The maximum Gasteiger partial charge on any atom is 0.102 e. The van der Waals surface area contributed by atoms with E-state index < -0.39 is 6.10 Å². The first-order chi connectivity index (χ1) is 6.24. The number of hydrogen-bond acceptors (Lipinski definition) is 2. The van der Waals surface area contributed by atoms with Crippen molar-refractivity contribution in [2.75, 3.05) is 13.2 Å². The van der Waals surface area contributed by atoms with Gasteiger partial charge in [0, 0.05) is 11.6 Å². The monoisotopic (exact) mass is 200 g/mol. The molecule has 0 aromatic heterocycles. The van der Waals surface area contributed by atoms with Crippen molar-refractivity contribution in [3.8, 4) is 0 Å². The van der Waals surface area contributed by atoms with Crippen LogP contribution in [0.5, 0.6) is 0 Å². The van der Waals surface area contributed by atoms with E-state index in [4.69, 9.17) is 16.3 Å². The highest BCUT2D eigenvalue weighted by atomic mass is 35.5. The Morgan fingerprint density at radius 3 is 2.54 bits per heavy atom. The first-order valence-electron chi connectivity index (χ1n) is 4.25. The van der Waals surface area contributed by atoms with Gasteiger partial charge in [-0.25, -0.2) is 0 Å². The molecule has 1 rings (SSSR count). The summed E-state index contributed by atoms with van der Waals surface area (Å²) in [5, 5.41) is 10.2. The van der Waals surface area contributed by atoms with Crippen LogP contribution in [0.15, 0.2) is 24.3 Å². The number of aliphatic hydroxyl groups is 1. The van der Waals surface area contributed by atoms with Gasteiger partial charge in [-0.2, -0.15) is 0 Å². The van der Waals surface area contributed by atoms with E-state index in [-0.39, 0.29) is 0 Å². The molecule has 3 heteroatoms. The highest BCUT2D eigenvalue weighted by Gasteiger charge is 2.06. The molecule has 1 aromatic carbocycles. The summed E-state index contributed by atoms with van der Waals surface area (Å²) in [5.41, 5.74) is 0.831. The van der Waals surface area contributed by atoms with Crippen molar-refractivity contribution in [2.45, 2.75) is 13.0 Å². The van der Waals surface area contributed by atoms with Gasteiger partial charge in [0.1, 0.15) is 6.10 Å². The molecule has 0 heterocycles. The van der Waals surface area contributed by atoms with E-state index in [1.54, 1.807) is 24.3 Å². The average molecular weight is 201 g/mol. The zero-order valence-corrected chi connectivity index (χ0v) is 8.29. The van der Waals surface area contributed by atoms with E-state index in [0.29, 0.717) is 18.2 Å². The molecule has 0 radical (unpaired) electrons. The van der Waals surface area contributed by atoms with Crippen molar-refractivity contribution in [1.29, 1.82) is 0 Å². The maximum atomic E-state index is 9.57. The molecule has 0 fully saturated rings. The van der Waals surface area contributed by atoms with Gasteiger partial charge in [0.05, 0.1) is 6.61 Å². The fourth-order valence-electron chi connectivity index (χ4n) is 1.01. The molecule has 1 aromatic rings. The number of rotatable bonds is 4. The molecule has 72 valence electrons. The molecule has 0 aliphatic rings. The van der Waals surface area contributed by atoms with Crippen molar-refractivity contribution in [3.63, 3.8) is 0 Å². The molecule has 2 nitrogen and oxygen atoms in total. The van der Waals surface area contributed by atoms with Crippen LogP contribution in [0.2, 0.25) is 5.02 Å². The van der Waals surface area contributed by atoms with Gasteiger partial charge in [-0.1, -0.05) is 23.7 Å². The minimum Gasteiger partial charge on any atom is -0.386 e. The largest absolute Gasteiger partial charge is 0.386 e. The second kappa shape index (κ2) is 5.22. The van der Waals surface area contributed by atoms with E-state index in [1.165, 1.54) is 0 Å². The number of ether oxygens (including phenoxy) is 1. The Bertz CT molecular complexity index is 246. The summed E-state index contributed by atoms with van der Waals surface area (Å²) in [6.45, 7) is 2.84. The lowest BCUT2D eigenvalue weighted by Gasteiger charge is -2.10. The lowest BCUT2D eigenvalue weighted by Crippen LogP contribution is -2.06. The molecule has 0 amide bonds. The Morgan fingerprint density at radius 2 is 2.00 bits per heavy atom. The number of benzene rings is 1. The highest BCUT2D eigenvalue weighted by Crippen LogP contribution is 2.16. The van der Waals surface area contributed by atoms with Crippen molar-refractivity contribution >= 4 is 11.6 Å². The summed E-state index contributed by atoms with van der Waals surface area (Å²) in [6.07, 6.45) is -0.558. The van der Waals surface area contributed by atoms with Crippen LogP contribution >= 0.6 is 11.6 Å². The molecule has 0 bridgehead atoms. The van der Waals surface area contributed by atoms with Gasteiger partial charge in [0.2, 0.25) is 0 Å². The van der Waals surface area contributed by atoms with Gasteiger partial charge >= 0.3 is 0 Å². The standard InChI is InChI=1S/C10H13ClO2/c1-2-13-7-10(12)8-3-5-9(11)6-4-8/h3-6,10,12H,2,7H2,1H3. The second-order valence-electron chi connectivity index (χ2n) is 2.73. The van der Waals surface area contributed by atoms with Crippen LogP contribution in [0.3, 0.4) is 0 Å². The molecule has 0 spiro atoms. The lowest BCUT2D eigenvalue weighted by molar-refractivity contribution is 0.0420. The van der Waals surface area contributed by atoms with E-state index in [1.807, 2.05) is 6.92 Å². The highest BCUT2D eigenvalue weighted by molar-refractivity contribution is 6.30. The fourth-order valence-corrected chi connectivity index (χ4v) is 1.14. The van der Waals surface area contributed by atoms with Gasteiger partial charge in [0.15, 0.2) is 0 Å².